The number of thioether (sulfide) groups is 1. The fourth-order valence-electron chi connectivity index (χ4n) is 2.89. The van der Waals surface area contributed by atoms with Gasteiger partial charge in [0.25, 0.3) is 0 Å². The predicted octanol–water partition coefficient (Wildman–Crippen LogP) is 2.33. The second-order valence-corrected chi connectivity index (χ2v) is 6.96. The molecule has 1 saturated carbocycles. The van der Waals surface area contributed by atoms with Crippen molar-refractivity contribution in [1.82, 2.24) is 4.90 Å². The van der Waals surface area contributed by atoms with E-state index in [1.807, 2.05) is 0 Å². The molecule has 0 aromatic rings. The molecule has 1 saturated heterocycles. The van der Waals surface area contributed by atoms with Gasteiger partial charge in [-0.25, -0.2) is 0 Å². The Hall–Kier alpha value is 0.270. The number of nitrogens with zero attached hydrogens (tertiary/aromatic N) is 1. The van der Waals surface area contributed by atoms with Crippen molar-refractivity contribution in [2.75, 3.05) is 24.6 Å². The van der Waals surface area contributed by atoms with Crippen LogP contribution in [0.3, 0.4) is 0 Å². The van der Waals surface area contributed by atoms with Gasteiger partial charge < -0.3 is 5.73 Å². The number of hydrogen-bond acceptors (Lipinski definition) is 3. The van der Waals surface area contributed by atoms with Crippen molar-refractivity contribution in [1.29, 1.82) is 0 Å². The molecule has 2 N–H and O–H groups in total. The monoisotopic (exact) mass is 242 g/mol. The van der Waals surface area contributed by atoms with E-state index in [0.29, 0.717) is 11.6 Å². The summed E-state index contributed by atoms with van der Waals surface area (Å²) in [6, 6.07) is 0.646. The fraction of sp³-hybridized carbons (Fsp3) is 1.00. The van der Waals surface area contributed by atoms with Crippen molar-refractivity contribution in [3.8, 4) is 0 Å². The molecule has 0 unspecified atom stereocenters. The van der Waals surface area contributed by atoms with E-state index in [4.69, 9.17) is 5.73 Å². The van der Waals surface area contributed by atoms with Gasteiger partial charge in [0.1, 0.15) is 0 Å². The van der Waals surface area contributed by atoms with Crippen molar-refractivity contribution in [3.63, 3.8) is 0 Å². The minimum absolute atomic E-state index is 0.321. The smallest absolute Gasteiger partial charge is 0.0350 e. The van der Waals surface area contributed by atoms with E-state index in [2.05, 4.69) is 30.5 Å². The molecule has 0 atom stereocenters. The molecule has 0 amide bonds. The Morgan fingerprint density at radius 2 is 1.94 bits per heavy atom. The molecule has 2 rings (SSSR count). The van der Waals surface area contributed by atoms with Crippen molar-refractivity contribution in [2.24, 2.45) is 11.7 Å². The lowest BCUT2D eigenvalue weighted by Gasteiger charge is -2.48. The molecule has 16 heavy (non-hydrogen) atoms. The zero-order valence-electron chi connectivity index (χ0n) is 10.7. The average molecular weight is 242 g/mol. The third-order valence-corrected chi connectivity index (χ3v) is 5.17. The number of hydrogen-bond donors (Lipinski definition) is 1. The molecular formula is C13H26N2S. The van der Waals surface area contributed by atoms with Crippen LogP contribution in [-0.4, -0.2) is 41.1 Å². The van der Waals surface area contributed by atoms with Crippen LogP contribution in [0.15, 0.2) is 0 Å². The highest BCUT2D eigenvalue weighted by molar-refractivity contribution is 7.99. The van der Waals surface area contributed by atoms with Gasteiger partial charge in [-0.05, 0) is 57.0 Å². The predicted molar refractivity (Wildman–Crippen MR) is 72.9 cm³/mol. The Bertz CT molecular complexity index is 220. The normalized spacial score (nSPS) is 25.3. The lowest BCUT2D eigenvalue weighted by molar-refractivity contribution is 0.0487. The summed E-state index contributed by atoms with van der Waals surface area (Å²) >= 11 is 2.09. The van der Waals surface area contributed by atoms with Gasteiger partial charge in [0.15, 0.2) is 0 Å². The van der Waals surface area contributed by atoms with E-state index in [1.165, 1.54) is 43.7 Å². The molecule has 0 aromatic heterocycles. The molecule has 1 aliphatic carbocycles. The topological polar surface area (TPSA) is 29.3 Å². The van der Waals surface area contributed by atoms with Crippen LogP contribution in [0.4, 0.5) is 0 Å². The van der Waals surface area contributed by atoms with E-state index in [9.17, 15) is 0 Å². The summed E-state index contributed by atoms with van der Waals surface area (Å²) in [5.41, 5.74) is 6.44. The molecule has 0 aromatic carbocycles. The van der Waals surface area contributed by atoms with Crippen LogP contribution in [0, 0.1) is 5.92 Å². The highest BCUT2D eigenvalue weighted by atomic mass is 32.2. The molecule has 0 bridgehead atoms. The van der Waals surface area contributed by atoms with E-state index in [1.54, 1.807) is 0 Å². The largest absolute Gasteiger partial charge is 0.329 e. The fourth-order valence-corrected chi connectivity index (χ4v) is 4.14. The van der Waals surface area contributed by atoms with Gasteiger partial charge in [-0.1, -0.05) is 0 Å². The minimum Gasteiger partial charge on any atom is -0.329 e. The lowest BCUT2D eigenvalue weighted by Crippen LogP contribution is -2.58. The molecule has 1 heterocycles. The summed E-state index contributed by atoms with van der Waals surface area (Å²) in [6.07, 6.45) is 5.47. The lowest BCUT2D eigenvalue weighted by atomic mass is 9.88. The Labute approximate surface area is 104 Å². The Morgan fingerprint density at radius 3 is 2.38 bits per heavy atom. The van der Waals surface area contributed by atoms with Crippen LogP contribution in [0.5, 0.6) is 0 Å². The van der Waals surface area contributed by atoms with Crippen LogP contribution >= 0.6 is 11.8 Å². The maximum atomic E-state index is 6.12. The molecule has 0 spiro atoms. The first kappa shape index (κ1) is 12.7. The summed E-state index contributed by atoms with van der Waals surface area (Å²) in [6.45, 7) is 6.81. The molecule has 0 radical (unpaired) electrons. The second kappa shape index (κ2) is 5.28. The van der Waals surface area contributed by atoms with Gasteiger partial charge in [-0.2, -0.15) is 11.8 Å². The van der Waals surface area contributed by atoms with Crippen molar-refractivity contribution < 1.29 is 0 Å². The van der Waals surface area contributed by atoms with Crippen molar-refractivity contribution >= 4 is 11.8 Å². The van der Waals surface area contributed by atoms with Crippen molar-refractivity contribution in [3.05, 3.63) is 0 Å². The molecule has 1 aliphatic heterocycles. The third kappa shape index (κ3) is 2.74. The zero-order chi connectivity index (χ0) is 11.6. The summed E-state index contributed by atoms with van der Waals surface area (Å²) in [7, 11) is 0. The number of nitrogens with two attached hydrogens (primary N) is 1. The third-order valence-electron chi connectivity index (χ3n) is 4.19. The highest BCUT2D eigenvalue weighted by Crippen LogP contribution is 2.37. The summed E-state index contributed by atoms with van der Waals surface area (Å²) < 4.78 is 0. The molecular weight excluding hydrogens is 216 g/mol. The van der Waals surface area contributed by atoms with Crippen LogP contribution < -0.4 is 5.73 Å². The number of rotatable bonds is 5. The average Bonchev–Trinajstić information content (AvgIpc) is 3.10. The summed E-state index contributed by atoms with van der Waals surface area (Å²) in [5, 5.41) is 0. The van der Waals surface area contributed by atoms with E-state index < -0.39 is 0 Å². The van der Waals surface area contributed by atoms with E-state index >= 15 is 0 Å². The van der Waals surface area contributed by atoms with Gasteiger partial charge >= 0.3 is 0 Å². The van der Waals surface area contributed by atoms with Crippen LogP contribution in [0.2, 0.25) is 0 Å². The van der Waals surface area contributed by atoms with Crippen LogP contribution in [0.25, 0.3) is 0 Å². The van der Waals surface area contributed by atoms with Gasteiger partial charge in [0.05, 0.1) is 0 Å². The van der Waals surface area contributed by atoms with E-state index in [0.717, 1.165) is 12.5 Å². The molecule has 3 heteroatoms. The van der Waals surface area contributed by atoms with Gasteiger partial charge in [-0.15, -0.1) is 0 Å². The van der Waals surface area contributed by atoms with Crippen LogP contribution in [-0.2, 0) is 0 Å². The first-order valence-electron chi connectivity index (χ1n) is 6.72. The van der Waals surface area contributed by atoms with Crippen LogP contribution in [0.1, 0.15) is 39.5 Å². The quantitative estimate of drug-likeness (QED) is 0.802. The van der Waals surface area contributed by atoms with Gasteiger partial charge in [0.2, 0.25) is 0 Å². The Morgan fingerprint density at radius 1 is 1.31 bits per heavy atom. The molecule has 2 fully saturated rings. The first-order valence-corrected chi connectivity index (χ1v) is 7.88. The maximum Gasteiger partial charge on any atom is 0.0350 e. The van der Waals surface area contributed by atoms with Gasteiger partial charge in [0, 0.05) is 24.7 Å². The Balaban J connectivity index is 2.06. The first-order chi connectivity index (χ1) is 7.68. The molecule has 94 valence electrons. The molecule has 2 nitrogen and oxygen atoms in total. The maximum absolute atomic E-state index is 6.12. The highest BCUT2D eigenvalue weighted by Gasteiger charge is 2.40. The Kier molecular flexibility index (Phi) is 4.20. The SMILES string of the molecule is CC(C)N(CC1CC1)C1(CN)CCSCC1. The van der Waals surface area contributed by atoms with E-state index in [-0.39, 0.29) is 0 Å². The standard InChI is InChI=1S/C13H26N2S/c1-11(2)15(9-12-3-4-12)13(10-14)5-7-16-8-6-13/h11-12H,3-10,14H2,1-2H3. The van der Waals surface area contributed by atoms with Gasteiger partial charge in [-0.3, -0.25) is 4.90 Å². The second-order valence-electron chi connectivity index (χ2n) is 5.73. The summed E-state index contributed by atoms with van der Waals surface area (Å²) in [4.78, 5) is 2.73. The van der Waals surface area contributed by atoms with Crippen molar-refractivity contribution in [2.45, 2.75) is 51.1 Å². The molecule has 2 aliphatic rings. The summed E-state index contributed by atoms with van der Waals surface area (Å²) in [5.74, 6) is 3.57. The minimum atomic E-state index is 0.321. The zero-order valence-corrected chi connectivity index (χ0v) is 11.6.